The van der Waals surface area contributed by atoms with Gasteiger partial charge in [-0.15, -0.1) is 0 Å². The number of rotatable bonds is 7. The van der Waals surface area contributed by atoms with Crippen LogP contribution in [0.2, 0.25) is 0 Å². The molecule has 0 bridgehead atoms. The first-order valence-corrected chi connectivity index (χ1v) is 12.0. The van der Waals surface area contributed by atoms with Crippen LogP contribution in [-0.4, -0.2) is 37.9 Å². The van der Waals surface area contributed by atoms with E-state index in [4.69, 9.17) is 0 Å². The van der Waals surface area contributed by atoms with Crippen molar-refractivity contribution < 1.29 is 13.2 Å². The molecule has 168 valence electrons. The van der Waals surface area contributed by atoms with Crippen molar-refractivity contribution in [3.8, 4) is 5.69 Å². The molecule has 0 unspecified atom stereocenters. The molecule has 32 heavy (non-hydrogen) atoms. The summed E-state index contributed by atoms with van der Waals surface area (Å²) in [6.45, 7) is 7.54. The Kier molecular flexibility index (Phi) is 6.84. The van der Waals surface area contributed by atoms with E-state index in [0.717, 1.165) is 38.8 Å². The molecule has 1 N–H and O–H groups in total. The van der Waals surface area contributed by atoms with Crippen LogP contribution in [0.4, 0.5) is 5.69 Å². The fourth-order valence-electron chi connectivity index (χ4n) is 3.53. The number of sulfonamides is 1. The molecule has 0 fully saturated rings. The molecule has 0 saturated carbocycles. The Bertz CT molecular complexity index is 1260. The number of aryl methyl sites for hydroxylation is 3. The third-order valence-electron chi connectivity index (χ3n) is 5.13. The lowest BCUT2D eigenvalue weighted by Gasteiger charge is -2.21. The SMILES string of the molecule is Cc1ccc(-n2c(C)cc(/C=N\NC(=O)CN(c3cccc(C)c3)S(C)(=O)=O)c2C)cc1. The van der Waals surface area contributed by atoms with E-state index in [0.29, 0.717) is 5.69 Å². The second-order valence-electron chi connectivity index (χ2n) is 7.90. The van der Waals surface area contributed by atoms with Crippen LogP contribution in [0.15, 0.2) is 59.7 Å². The number of nitrogens with zero attached hydrogens (tertiary/aromatic N) is 3. The van der Waals surface area contributed by atoms with Gasteiger partial charge in [0.2, 0.25) is 10.0 Å². The van der Waals surface area contributed by atoms with Gasteiger partial charge in [-0.25, -0.2) is 13.8 Å². The van der Waals surface area contributed by atoms with Gasteiger partial charge in [-0.05, 0) is 63.6 Å². The molecule has 2 aromatic carbocycles. The number of benzene rings is 2. The Morgan fingerprint density at radius 1 is 1.03 bits per heavy atom. The Hall–Kier alpha value is -3.39. The molecule has 0 saturated heterocycles. The van der Waals surface area contributed by atoms with Gasteiger partial charge in [-0.2, -0.15) is 5.10 Å². The number of anilines is 1. The van der Waals surface area contributed by atoms with Crippen LogP contribution in [-0.2, 0) is 14.8 Å². The highest BCUT2D eigenvalue weighted by atomic mass is 32.2. The molecule has 3 aromatic rings. The van der Waals surface area contributed by atoms with Crippen LogP contribution in [0.1, 0.15) is 28.1 Å². The van der Waals surface area contributed by atoms with Crippen LogP contribution < -0.4 is 9.73 Å². The number of hydrazone groups is 1. The zero-order chi connectivity index (χ0) is 23.5. The molecular formula is C24H28N4O3S. The predicted octanol–water partition coefficient (Wildman–Crippen LogP) is 3.63. The molecule has 0 radical (unpaired) electrons. The van der Waals surface area contributed by atoms with E-state index in [1.165, 1.54) is 5.56 Å². The number of carbonyl (C=O) groups is 1. The summed E-state index contributed by atoms with van der Waals surface area (Å²) >= 11 is 0. The molecule has 1 amide bonds. The molecule has 8 heteroatoms. The summed E-state index contributed by atoms with van der Waals surface area (Å²) in [5, 5.41) is 4.05. The third kappa shape index (κ3) is 5.45. The molecule has 3 rings (SSSR count). The molecule has 7 nitrogen and oxygen atoms in total. The first kappa shape index (κ1) is 23.3. The monoisotopic (exact) mass is 452 g/mol. The fraction of sp³-hybridized carbons (Fsp3) is 0.250. The lowest BCUT2D eigenvalue weighted by Crippen LogP contribution is -2.39. The molecular weight excluding hydrogens is 424 g/mol. The van der Waals surface area contributed by atoms with Crippen molar-refractivity contribution in [1.29, 1.82) is 0 Å². The highest BCUT2D eigenvalue weighted by Gasteiger charge is 2.20. The highest BCUT2D eigenvalue weighted by molar-refractivity contribution is 7.92. The van der Waals surface area contributed by atoms with E-state index in [1.807, 2.05) is 39.8 Å². The minimum absolute atomic E-state index is 0.359. The Morgan fingerprint density at radius 2 is 1.72 bits per heavy atom. The topological polar surface area (TPSA) is 83.8 Å². The number of aromatic nitrogens is 1. The van der Waals surface area contributed by atoms with E-state index < -0.39 is 15.9 Å². The number of hydrogen-bond donors (Lipinski definition) is 1. The zero-order valence-electron chi connectivity index (χ0n) is 19.0. The molecule has 0 aliphatic rings. The van der Waals surface area contributed by atoms with Crippen molar-refractivity contribution in [3.63, 3.8) is 0 Å². The van der Waals surface area contributed by atoms with E-state index in [9.17, 15) is 13.2 Å². The predicted molar refractivity (Wildman–Crippen MR) is 129 cm³/mol. The van der Waals surface area contributed by atoms with Crippen LogP contribution >= 0.6 is 0 Å². The lowest BCUT2D eigenvalue weighted by molar-refractivity contribution is -0.119. The second-order valence-corrected chi connectivity index (χ2v) is 9.81. The Morgan fingerprint density at radius 3 is 2.34 bits per heavy atom. The van der Waals surface area contributed by atoms with Crippen LogP contribution in [0.5, 0.6) is 0 Å². The van der Waals surface area contributed by atoms with Gasteiger partial charge in [0.25, 0.3) is 5.91 Å². The second kappa shape index (κ2) is 9.40. The van der Waals surface area contributed by atoms with Gasteiger partial charge in [-0.1, -0.05) is 29.8 Å². The standard InChI is InChI=1S/C24H28N4O3S/c1-17-9-11-22(12-10-17)28-19(3)14-21(20(28)4)15-25-26-24(29)16-27(32(5,30)31)23-8-6-7-18(2)13-23/h6-15H,16H2,1-5H3,(H,26,29)/b25-15-. The fourth-order valence-corrected chi connectivity index (χ4v) is 4.38. The number of nitrogens with one attached hydrogen (secondary N) is 1. The quantitative estimate of drug-likeness (QED) is 0.439. The Balaban J connectivity index is 1.73. The van der Waals surface area contributed by atoms with Gasteiger partial charge < -0.3 is 4.57 Å². The van der Waals surface area contributed by atoms with Gasteiger partial charge in [0.05, 0.1) is 18.2 Å². The van der Waals surface area contributed by atoms with Crippen molar-refractivity contribution in [2.24, 2.45) is 5.10 Å². The van der Waals surface area contributed by atoms with Crippen LogP contribution in [0.3, 0.4) is 0 Å². The minimum atomic E-state index is -3.63. The summed E-state index contributed by atoms with van der Waals surface area (Å²) < 4.78 is 27.6. The first-order valence-electron chi connectivity index (χ1n) is 10.2. The van der Waals surface area contributed by atoms with Crippen LogP contribution in [0.25, 0.3) is 5.69 Å². The molecule has 0 aliphatic carbocycles. The largest absolute Gasteiger partial charge is 0.318 e. The summed E-state index contributed by atoms with van der Waals surface area (Å²) in [5.74, 6) is -0.527. The molecule has 0 atom stereocenters. The minimum Gasteiger partial charge on any atom is -0.318 e. The summed E-state index contributed by atoms with van der Waals surface area (Å²) in [7, 11) is -3.63. The van der Waals surface area contributed by atoms with Crippen molar-refractivity contribution >= 4 is 27.8 Å². The maximum atomic E-state index is 12.4. The molecule has 0 aliphatic heterocycles. The van der Waals surface area contributed by atoms with Gasteiger partial charge in [0, 0.05) is 22.6 Å². The van der Waals surface area contributed by atoms with Crippen LogP contribution in [0, 0.1) is 27.7 Å². The average molecular weight is 453 g/mol. The molecule has 0 spiro atoms. The van der Waals surface area contributed by atoms with Gasteiger partial charge in [0.1, 0.15) is 6.54 Å². The van der Waals surface area contributed by atoms with Crippen molar-refractivity contribution in [2.75, 3.05) is 17.1 Å². The highest BCUT2D eigenvalue weighted by Crippen LogP contribution is 2.20. The van der Waals surface area contributed by atoms with E-state index in [2.05, 4.69) is 39.4 Å². The first-order chi connectivity index (χ1) is 15.1. The van der Waals surface area contributed by atoms with Crippen molar-refractivity contribution in [3.05, 3.63) is 82.7 Å². The number of hydrogen-bond acceptors (Lipinski definition) is 4. The molecule has 1 heterocycles. The van der Waals surface area contributed by atoms with E-state index in [-0.39, 0.29) is 6.54 Å². The zero-order valence-corrected chi connectivity index (χ0v) is 19.8. The summed E-state index contributed by atoms with van der Waals surface area (Å²) in [5.41, 5.74) is 8.91. The third-order valence-corrected chi connectivity index (χ3v) is 6.27. The molecule has 1 aromatic heterocycles. The maximum Gasteiger partial charge on any atom is 0.260 e. The van der Waals surface area contributed by atoms with E-state index in [1.54, 1.807) is 24.4 Å². The number of amides is 1. The summed E-state index contributed by atoms with van der Waals surface area (Å²) in [4.78, 5) is 12.4. The smallest absolute Gasteiger partial charge is 0.260 e. The number of carbonyl (C=O) groups excluding carboxylic acids is 1. The summed E-state index contributed by atoms with van der Waals surface area (Å²) in [6.07, 6.45) is 2.65. The Labute approximate surface area is 189 Å². The van der Waals surface area contributed by atoms with Crippen molar-refractivity contribution in [2.45, 2.75) is 27.7 Å². The van der Waals surface area contributed by atoms with Gasteiger partial charge in [-0.3, -0.25) is 9.10 Å². The average Bonchev–Trinajstić information content (AvgIpc) is 2.99. The summed E-state index contributed by atoms with van der Waals surface area (Å²) in [6, 6.07) is 17.2. The van der Waals surface area contributed by atoms with Gasteiger partial charge in [0.15, 0.2) is 0 Å². The lowest BCUT2D eigenvalue weighted by atomic mass is 10.2. The van der Waals surface area contributed by atoms with Crippen molar-refractivity contribution in [1.82, 2.24) is 9.99 Å². The van der Waals surface area contributed by atoms with E-state index >= 15 is 0 Å². The normalized spacial score (nSPS) is 11.7. The van der Waals surface area contributed by atoms with Gasteiger partial charge >= 0.3 is 0 Å². The maximum absolute atomic E-state index is 12.4.